The lowest BCUT2D eigenvalue weighted by Gasteiger charge is -2.26. The van der Waals surface area contributed by atoms with E-state index in [1.54, 1.807) is 6.08 Å². The van der Waals surface area contributed by atoms with Gasteiger partial charge < -0.3 is 5.11 Å². The Balaban J connectivity index is 2.30. The van der Waals surface area contributed by atoms with Gasteiger partial charge in [0.2, 0.25) is 0 Å². The molecule has 0 heterocycles. The number of carbonyl (C=O) groups is 1. The SMILES string of the molecule is C=CC(CC1CCC1)C(=O)O. The summed E-state index contributed by atoms with van der Waals surface area (Å²) in [4.78, 5) is 10.5. The lowest BCUT2D eigenvalue weighted by molar-refractivity contribution is -0.140. The fraction of sp³-hybridized carbons (Fsp3) is 0.667. The Morgan fingerprint density at radius 3 is 2.64 bits per heavy atom. The molecule has 0 aliphatic heterocycles. The molecule has 62 valence electrons. The van der Waals surface area contributed by atoms with Crippen LogP contribution >= 0.6 is 0 Å². The number of hydrogen-bond acceptors (Lipinski definition) is 1. The average molecular weight is 154 g/mol. The summed E-state index contributed by atoms with van der Waals surface area (Å²) in [5.41, 5.74) is 0. The van der Waals surface area contributed by atoms with Crippen molar-refractivity contribution in [1.82, 2.24) is 0 Å². The second kappa shape index (κ2) is 3.56. The Labute approximate surface area is 66.9 Å². The van der Waals surface area contributed by atoms with Gasteiger partial charge in [-0.1, -0.05) is 25.3 Å². The van der Waals surface area contributed by atoms with Crippen molar-refractivity contribution < 1.29 is 9.90 Å². The van der Waals surface area contributed by atoms with Crippen molar-refractivity contribution in [3.05, 3.63) is 12.7 Å². The van der Waals surface area contributed by atoms with Gasteiger partial charge in [-0.15, -0.1) is 6.58 Å². The summed E-state index contributed by atoms with van der Waals surface area (Å²) in [6, 6.07) is 0. The second-order valence-electron chi connectivity index (χ2n) is 3.21. The fourth-order valence-corrected chi connectivity index (χ4v) is 1.39. The van der Waals surface area contributed by atoms with Crippen LogP contribution in [0.4, 0.5) is 0 Å². The van der Waals surface area contributed by atoms with Gasteiger partial charge in [-0.05, 0) is 12.3 Å². The molecule has 0 radical (unpaired) electrons. The Hall–Kier alpha value is -0.790. The summed E-state index contributed by atoms with van der Waals surface area (Å²) in [5.74, 6) is -0.402. The van der Waals surface area contributed by atoms with Crippen LogP contribution in [0.2, 0.25) is 0 Å². The smallest absolute Gasteiger partial charge is 0.310 e. The van der Waals surface area contributed by atoms with Crippen molar-refractivity contribution in [3.8, 4) is 0 Å². The van der Waals surface area contributed by atoms with Crippen LogP contribution in [0.1, 0.15) is 25.7 Å². The van der Waals surface area contributed by atoms with Crippen molar-refractivity contribution >= 4 is 5.97 Å². The summed E-state index contributed by atoms with van der Waals surface area (Å²) < 4.78 is 0. The first kappa shape index (κ1) is 8.31. The molecule has 1 unspecified atom stereocenters. The molecule has 0 spiro atoms. The minimum atomic E-state index is -0.730. The van der Waals surface area contributed by atoms with Gasteiger partial charge >= 0.3 is 5.97 Å². The molecule has 0 aromatic carbocycles. The highest BCUT2D eigenvalue weighted by Crippen LogP contribution is 2.32. The van der Waals surface area contributed by atoms with Gasteiger partial charge in [0.05, 0.1) is 5.92 Å². The first-order valence-electron chi connectivity index (χ1n) is 4.09. The van der Waals surface area contributed by atoms with Gasteiger partial charge in [0.1, 0.15) is 0 Å². The minimum absolute atomic E-state index is 0.319. The highest BCUT2D eigenvalue weighted by atomic mass is 16.4. The molecule has 0 bridgehead atoms. The lowest BCUT2D eigenvalue weighted by atomic mass is 9.79. The molecule has 1 N–H and O–H groups in total. The summed E-state index contributed by atoms with van der Waals surface area (Å²) in [5, 5.41) is 8.67. The maximum atomic E-state index is 10.5. The number of rotatable bonds is 4. The van der Waals surface area contributed by atoms with E-state index in [4.69, 9.17) is 5.11 Å². The predicted octanol–water partition coefficient (Wildman–Crippen LogP) is 2.06. The van der Waals surface area contributed by atoms with Gasteiger partial charge in [0.15, 0.2) is 0 Å². The maximum Gasteiger partial charge on any atom is 0.310 e. The molecular formula is C9H14O2. The summed E-state index contributed by atoms with van der Waals surface area (Å²) in [6.45, 7) is 3.51. The molecule has 1 aliphatic rings. The minimum Gasteiger partial charge on any atom is -0.481 e. The predicted molar refractivity (Wildman–Crippen MR) is 43.3 cm³/mol. The quantitative estimate of drug-likeness (QED) is 0.629. The monoisotopic (exact) mass is 154 g/mol. The molecule has 0 saturated heterocycles. The highest BCUT2D eigenvalue weighted by Gasteiger charge is 2.23. The summed E-state index contributed by atoms with van der Waals surface area (Å²) >= 11 is 0. The van der Waals surface area contributed by atoms with E-state index in [9.17, 15) is 4.79 Å². The Morgan fingerprint density at radius 1 is 1.73 bits per heavy atom. The van der Waals surface area contributed by atoms with Crippen LogP contribution in [-0.4, -0.2) is 11.1 Å². The van der Waals surface area contributed by atoms with Gasteiger partial charge in [-0.3, -0.25) is 4.79 Å². The van der Waals surface area contributed by atoms with Gasteiger partial charge in [-0.2, -0.15) is 0 Å². The fourth-order valence-electron chi connectivity index (χ4n) is 1.39. The molecule has 0 aromatic heterocycles. The van der Waals surface area contributed by atoms with Crippen LogP contribution in [0.25, 0.3) is 0 Å². The third-order valence-electron chi connectivity index (χ3n) is 2.41. The highest BCUT2D eigenvalue weighted by molar-refractivity contribution is 5.71. The summed E-state index contributed by atoms with van der Waals surface area (Å²) in [7, 11) is 0. The average Bonchev–Trinajstić information content (AvgIpc) is 1.85. The van der Waals surface area contributed by atoms with Gasteiger partial charge in [0.25, 0.3) is 0 Å². The third kappa shape index (κ3) is 2.07. The second-order valence-corrected chi connectivity index (χ2v) is 3.21. The molecule has 1 saturated carbocycles. The van der Waals surface area contributed by atoms with Gasteiger partial charge in [0, 0.05) is 0 Å². The van der Waals surface area contributed by atoms with E-state index < -0.39 is 5.97 Å². The largest absolute Gasteiger partial charge is 0.481 e. The molecule has 11 heavy (non-hydrogen) atoms. The molecule has 1 aliphatic carbocycles. The molecule has 2 nitrogen and oxygen atoms in total. The van der Waals surface area contributed by atoms with E-state index in [0.29, 0.717) is 5.92 Å². The normalized spacial score (nSPS) is 20.4. The van der Waals surface area contributed by atoms with E-state index in [0.717, 1.165) is 6.42 Å². The maximum absolute atomic E-state index is 10.5. The van der Waals surface area contributed by atoms with E-state index in [1.165, 1.54) is 19.3 Å². The zero-order valence-corrected chi connectivity index (χ0v) is 6.62. The molecule has 1 fully saturated rings. The first-order chi connectivity index (χ1) is 5.24. The van der Waals surface area contributed by atoms with Crippen molar-refractivity contribution in [2.45, 2.75) is 25.7 Å². The molecular weight excluding hydrogens is 140 g/mol. The van der Waals surface area contributed by atoms with E-state index in [2.05, 4.69) is 6.58 Å². The van der Waals surface area contributed by atoms with Crippen molar-refractivity contribution in [3.63, 3.8) is 0 Å². The number of aliphatic carboxylic acids is 1. The van der Waals surface area contributed by atoms with Crippen LogP contribution in [0.15, 0.2) is 12.7 Å². The first-order valence-corrected chi connectivity index (χ1v) is 4.09. The standard InChI is InChI=1S/C9H14O2/c1-2-8(9(10)11)6-7-4-3-5-7/h2,7-8H,1,3-6H2,(H,10,11). The Kier molecular flexibility index (Phi) is 2.69. The number of hydrogen-bond donors (Lipinski definition) is 1. The van der Waals surface area contributed by atoms with E-state index in [1.807, 2.05) is 0 Å². The van der Waals surface area contributed by atoms with Crippen LogP contribution in [0.5, 0.6) is 0 Å². The van der Waals surface area contributed by atoms with Crippen molar-refractivity contribution in [2.24, 2.45) is 11.8 Å². The zero-order valence-electron chi connectivity index (χ0n) is 6.62. The molecule has 0 aromatic rings. The lowest BCUT2D eigenvalue weighted by Crippen LogP contribution is -2.20. The third-order valence-corrected chi connectivity index (χ3v) is 2.41. The Morgan fingerprint density at radius 2 is 2.36 bits per heavy atom. The van der Waals surface area contributed by atoms with E-state index >= 15 is 0 Å². The van der Waals surface area contributed by atoms with Crippen LogP contribution in [-0.2, 0) is 4.79 Å². The number of carboxylic acids is 1. The molecule has 1 rings (SSSR count). The van der Waals surface area contributed by atoms with Crippen LogP contribution in [0, 0.1) is 11.8 Å². The topological polar surface area (TPSA) is 37.3 Å². The Bertz CT molecular complexity index is 159. The molecule has 1 atom stereocenters. The summed E-state index contributed by atoms with van der Waals surface area (Å²) in [6.07, 6.45) is 6.02. The number of carboxylic acid groups (broad SMARTS) is 1. The van der Waals surface area contributed by atoms with Crippen molar-refractivity contribution in [2.75, 3.05) is 0 Å². The van der Waals surface area contributed by atoms with Gasteiger partial charge in [-0.25, -0.2) is 0 Å². The zero-order chi connectivity index (χ0) is 8.27. The van der Waals surface area contributed by atoms with Crippen molar-refractivity contribution in [1.29, 1.82) is 0 Å². The molecule has 2 heteroatoms. The van der Waals surface area contributed by atoms with E-state index in [-0.39, 0.29) is 5.92 Å². The molecule has 0 amide bonds. The van der Waals surface area contributed by atoms with Crippen LogP contribution in [0.3, 0.4) is 0 Å². The van der Waals surface area contributed by atoms with Crippen LogP contribution < -0.4 is 0 Å².